The first-order chi connectivity index (χ1) is 15.4. The molecule has 2 heterocycles. The number of rotatable bonds is 4. The molecule has 0 unspecified atom stereocenters. The van der Waals surface area contributed by atoms with Crippen molar-refractivity contribution in [3.63, 3.8) is 0 Å². The Labute approximate surface area is 191 Å². The van der Waals surface area contributed by atoms with Gasteiger partial charge in [0.1, 0.15) is 0 Å². The molecule has 7 nitrogen and oxygen atoms in total. The Balaban J connectivity index is 1.52. The maximum absolute atomic E-state index is 12.7. The van der Waals surface area contributed by atoms with Crippen molar-refractivity contribution in [1.82, 2.24) is 4.98 Å². The monoisotopic (exact) mass is 466 g/mol. The van der Waals surface area contributed by atoms with E-state index in [9.17, 15) is 13.2 Å². The Kier molecular flexibility index (Phi) is 6.12. The van der Waals surface area contributed by atoms with Crippen molar-refractivity contribution in [3.8, 4) is 11.3 Å². The first-order valence-electron chi connectivity index (χ1n) is 9.93. The number of anilines is 2. The molecule has 3 aromatic rings. The van der Waals surface area contributed by atoms with Crippen LogP contribution in [0.2, 0.25) is 5.02 Å². The summed E-state index contributed by atoms with van der Waals surface area (Å²) in [6, 6.07) is 14.9. The molecular weight excluding hydrogens is 448 g/mol. The second-order valence-electron chi connectivity index (χ2n) is 7.30. The molecule has 1 aliphatic heterocycles. The normalized spacial score (nSPS) is 15.1. The molecule has 1 N–H and O–H groups in total. The Morgan fingerprint density at radius 3 is 2.53 bits per heavy atom. The molecule has 1 saturated heterocycles. The molecule has 0 radical (unpaired) electrons. The summed E-state index contributed by atoms with van der Waals surface area (Å²) in [5, 5.41) is 3.30. The number of amides is 1. The summed E-state index contributed by atoms with van der Waals surface area (Å²) in [6.45, 7) is 7.47. The highest BCUT2D eigenvalue weighted by Crippen LogP contribution is 2.30. The minimum absolute atomic E-state index is 0.142. The van der Waals surface area contributed by atoms with Gasteiger partial charge in [0, 0.05) is 29.6 Å². The zero-order valence-electron chi connectivity index (χ0n) is 17.0. The smallest absolute Gasteiger partial charge is 0.255 e. The van der Waals surface area contributed by atoms with E-state index in [4.69, 9.17) is 18.2 Å². The number of sulfonamides is 1. The Morgan fingerprint density at radius 1 is 1.09 bits per heavy atom. The third-order valence-corrected chi connectivity index (χ3v) is 7.34. The molecular formula is C23H19ClN4O3S. The lowest BCUT2D eigenvalue weighted by Gasteiger charge is -2.28. The lowest BCUT2D eigenvalue weighted by Crippen LogP contribution is -2.37. The van der Waals surface area contributed by atoms with Gasteiger partial charge in [0.15, 0.2) is 0 Å². The van der Waals surface area contributed by atoms with E-state index < -0.39 is 10.0 Å². The quantitative estimate of drug-likeness (QED) is 0.540. The molecule has 0 spiro atoms. The lowest BCUT2D eigenvalue weighted by molar-refractivity contribution is 0.102. The van der Waals surface area contributed by atoms with Crippen molar-refractivity contribution in [2.45, 2.75) is 12.8 Å². The minimum Gasteiger partial charge on any atom is -0.322 e. The van der Waals surface area contributed by atoms with Crippen LogP contribution in [-0.4, -0.2) is 31.6 Å². The van der Waals surface area contributed by atoms with Crippen LogP contribution in [-0.2, 0) is 10.0 Å². The highest BCUT2D eigenvalue weighted by molar-refractivity contribution is 7.92. The molecule has 4 rings (SSSR count). The van der Waals surface area contributed by atoms with Crippen LogP contribution in [0.5, 0.6) is 0 Å². The van der Waals surface area contributed by atoms with Gasteiger partial charge in [-0.2, -0.15) is 0 Å². The zero-order chi connectivity index (χ0) is 22.7. The van der Waals surface area contributed by atoms with Gasteiger partial charge in [-0.05, 0) is 61.4 Å². The number of nitrogens with zero attached hydrogens (tertiary/aromatic N) is 3. The van der Waals surface area contributed by atoms with Crippen LogP contribution in [0, 0.1) is 6.57 Å². The fraction of sp³-hybridized carbons (Fsp3) is 0.174. The summed E-state index contributed by atoms with van der Waals surface area (Å²) in [5.41, 5.74) is 3.14. The van der Waals surface area contributed by atoms with Gasteiger partial charge >= 0.3 is 0 Å². The predicted molar refractivity (Wildman–Crippen MR) is 126 cm³/mol. The average Bonchev–Trinajstić information content (AvgIpc) is 2.80. The summed E-state index contributed by atoms with van der Waals surface area (Å²) in [6.07, 6.45) is 2.95. The van der Waals surface area contributed by atoms with Crippen LogP contribution < -0.4 is 9.62 Å². The molecule has 2 aromatic carbocycles. The Morgan fingerprint density at radius 2 is 1.88 bits per heavy atom. The average molecular weight is 467 g/mol. The fourth-order valence-electron chi connectivity index (χ4n) is 3.47. The highest BCUT2D eigenvalue weighted by Gasteiger charge is 2.26. The van der Waals surface area contributed by atoms with Crippen molar-refractivity contribution < 1.29 is 13.2 Å². The molecule has 162 valence electrons. The highest BCUT2D eigenvalue weighted by atomic mass is 35.5. The molecule has 32 heavy (non-hydrogen) atoms. The number of carbonyl (C=O) groups excluding carboxylic acids is 1. The minimum atomic E-state index is -3.30. The number of aromatic nitrogens is 1. The van der Waals surface area contributed by atoms with E-state index in [1.807, 2.05) is 0 Å². The van der Waals surface area contributed by atoms with E-state index in [0.717, 1.165) is 6.42 Å². The maximum atomic E-state index is 12.7. The van der Waals surface area contributed by atoms with Gasteiger partial charge in [-0.3, -0.25) is 14.1 Å². The molecule has 0 aliphatic carbocycles. The number of hydrogen-bond acceptors (Lipinski definition) is 4. The van der Waals surface area contributed by atoms with E-state index in [1.54, 1.807) is 54.6 Å². The summed E-state index contributed by atoms with van der Waals surface area (Å²) >= 11 is 6.31. The van der Waals surface area contributed by atoms with E-state index in [2.05, 4.69) is 15.1 Å². The molecule has 1 amide bonds. The van der Waals surface area contributed by atoms with Crippen molar-refractivity contribution in [2.24, 2.45) is 0 Å². The summed E-state index contributed by atoms with van der Waals surface area (Å²) in [4.78, 5) is 20.3. The van der Waals surface area contributed by atoms with Crippen LogP contribution in [0.15, 0.2) is 60.8 Å². The van der Waals surface area contributed by atoms with E-state index in [0.29, 0.717) is 51.9 Å². The van der Waals surface area contributed by atoms with Crippen LogP contribution in [0.3, 0.4) is 0 Å². The van der Waals surface area contributed by atoms with Gasteiger partial charge in [0.2, 0.25) is 15.7 Å². The molecule has 1 aromatic heterocycles. The Hall–Kier alpha value is -3.41. The number of halogens is 1. The third kappa shape index (κ3) is 4.59. The van der Waals surface area contributed by atoms with E-state index in [-0.39, 0.29) is 11.7 Å². The topological polar surface area (TPSA) is 83.7 Å². The number of carbonyl (C=O) groups is 1. The molecule has 1 aliphatic rings. The zero-order valence-corrected chi connectivity index (χ0v) is 18.5. The predicted octanol–water partition coefficient (Wildman–Crippen LogP) is 5.14. The molecule has 9 heteroatoms. The van der Waals surface area contributed by atoms with Crippen LogP contribution >= 0.6 is 11.6 Å². The standard InChI is InChI=1S/C23H19ClN4O3S/c1-25-18-7-11-22(26-15-18)20-14-17(6-10-21(20)24)27-23(29)16-4-8-19(9-5-16)28-12-2-3-13-32(28,30)31/h4-11,14-15H,2-3,12-13H2,(H,27,29). The van der Waals surface area contributed by atoms with Crippen LogP contribution in [0.1, 0.15) is 23.2 Å². The van der Waals surface area contributed by atoms with E-state index >= 15 is 0 Å². The second-order valence-corrected chi connectivity index (χ2v) is 9.72. The van der Waals surface area contributed by atoms with Crippen LogP contribution in [0.25, 0.3) is 16.1 Å². The van der Waals surface area contributed by atoms with Crippen LogP contribution in [0.4, 0.5) is 17.1 Å². The third-order valence-electron chi connectivity index (χ3n) is 5.14. The lowest BCUT2D eigenvalue weighted by atomic mass is 10.1. The molecule has 0 bridgehead atoms. The van der Waals surface area contributed by atoms with Gasteiger partial charge in [-0.1, -0.05) is 17.7 Å². The molecule has 1 fully saturated rings. The molecule has 0 saturated carbocycles. The van der Waals surface area contributed by atoms with Gasteiger partial charge in [-0.25, -0.2) is 13.3 Å². The van der Waals surface area contributed by atoms with Gasteiger partial charge in [0.05, 0.1) is 28.7 Å². The van der Waals surface area contributed by atoms with Gasteiger partial charge in [-0.15, -0.1) is 0 Å². The first kappa shape index (κ1) is 21.8. The maximum Gasteiger partial charge on any atom is 0.255 e. The van der Waals surface area contributed by atoms with Gasteiger partial charge < -0.3 is 5.32 Å². The first-order valence-corrected chi connectivity index (χ1v) is 11.9. The number of benzene rings is 2. The fourth-order valence-corrected chi connectivity index (χ4v) is 5.33. The van der Waals surface area contributed by atoms with Crippen molar-refractivity contribution in [3.05, 3.63) is 82.8 Å². The second kappa shape index (κ2) is 8.99. The van der Waals surface area contributed by atoms with Crippen molar-refractivity contribution in [2.75, 3.05) is 21.9 Å². The SMILES string of the molecule is [C-]#[N+]c1ccc(-c2cc(NC(=O)c3ccc(N4CCCCS4(=O)=O)cc3)ccc2Cl)nc1. The summed E-state index contributed by atoms with van der Waals surface area (Å²) in [7, 11) is -3.30. The largest absolute Gasteiger partial charge is 0.322 e. The number of nitrogens with one attached hydrogen (secondary N) is 1. The van der Waals surface area contributed by atoms with E-state index in [1.165, 1.54) is 10.5 Å². The number of hydrogen-bond donors (Lipinski definition) is 1. The summed E-state index contributed by atoms with van der Waals surface area (Å²) in [5.74, 6) is -0.188. The Bertz CT molecular complexity index is 1300. The van der Waals surface area contributed by atoms with Crippen molar-refractivity contribution in [1.29, 1.82) is 0 Å². The van der Waals surface area contributed by atoms with Crippen molar-refractivity contribution >= 4 is 44.6 Å². The number of pyridine rings is 1. The van der Waals surface area contributed by atoms with Gasteiger partial charge in [0.25, 0.3) is 5.91 Å². The molecule has 0 atom stereocenters. The summed E-state index contributed by atoms with van der Waals surface area (Å²) < 4.78 is 25.9.